The molecule has 0 aliphatic heterocycles. The van der Waals surface area contributed by atoms with Gasteiger partial charge in [-0.15, -0.1) is 0 Å². The Kier molecular flexibility index (Phi) is 3.99. The largest absolute Gasteiger partial charge is 0.504 e. The summed E-state index contributed by atoms with van der Waals surface area (Å²) < 4.78 is 0. The second-order valence-corrected chi connectivity index (χ2v) is 4.25. The molecule has 0 saturated carbocycles. The number of nitro groups is 1. The molecule has 2 aromatic carbocycles. The van der Waals surface area contributed by atoms with Crippen molar-refractivity contribution >= 4 is 17.5 Å². The number of phenolic OH excluding ortho intramolecular Hbond substituents is 2. The van der Waals surface area contributed by atoms with Gasteiger partial charge in [0, 0.05) is 17.7 Å². The number of hydrogen-bond donors (Lipinski definition) is 2. The fourth-order valence-electron chi connectivity index (χ4n) is 1.66. The topological polar surface area (TPSA) is 101 Å². The van der Waals surface area contributed by atoms with E-state index in [9.17, 15) is 25.1 Å². The van der Waals surface area contributed by atoms with E-state index < -0.39 is 4.92 Å². The number of rotatable bonds is 4. The Hall–Kier alpha value is -3.15. The third kappa shape index (κ3) is 3.44. The highest BCUT2D eigenvalue weighted by Crippen LogP contribution is 2.25. The maximum Gasteiger partial charge on any atom is 0.269 e. The van der Waals surface area contributed by atoms with Crippen LogP contribution in [-0.2, 0) is 0 Å². The molecule has 2 aromatic rings. The Morgan fingerprint density at radius 3 is 2.29 bits per heavy atom. The highest BCUT2D eigenvalue weighted by atomic mass is 16.6. The van der Waals surface area contributed by atoms with Crippen LogP contribution in [0.1, 0.15) is 15.9 Å². The molecule has 0 radical (unpaired) electrons. The minimum atomic E-state index is -0.538. The first-order chi connectivity index (χ1) is 9.97. The Bertz CT molecular complexity index is 719. The van der Waals surface area contributed by atoms with Crippen LogP contribution >= 0.6 is 0 Å². The van der Waals surface area contributed by atoms with Crippen LogP contribution in [0.4, 0.5) is 5.69 Å². The molecular formula is C15H11NO5. The lowest BCUT2D eigenvalue weighted by atomic mass is 10.1. The standard InChI is InChI=1S/C15H11NO5/c17-13(11-3-5-12(6-4-11)16(20)21)7-1-10-2-8-14(18)15(19)9-10/h1-9,18-19H. The highest BCUT2D eigenvalue weighted by molar-refractivity contribution is 6.06. The number of carbonyl (C=O) groups excluding carboxylic acids is 1. The minimum Gasteiger partial charge on any atom is -0.504 e. The van der Waals surface area contributed by atoms with Crippen LogP contribution in [0.25, 0.3) is 6.08 Å². The molecule has 0 fully saturated rings. The maximum atomic E-state index is 11.9. The third-order valence-corrected chi connectivity index (χ3v) is 2.79. The summed E-state index contributed by atoms with van der Waals surface area (Å²) >= 11 is 0. The van der Waals surface area contributed by atoms with E-state index in [1.807, 2.05) is 0 Å². The number of ketones is 1. The normalized spacial score (nSPS) is 10.7. The lowest BCUT2D eigenvalue weighted by Gasteiger charge is -1.99. The van der Waals surface area contributed by atoms with Gasteiger partial charge in [-0.25, -0.2) is 0 Å². The molecular weight excluding hydrogens is 274 g/mol. The van der Waals surface area contributed by atoms with Crippen molar-refractivity contribution in [3.05, 3.63) is 69.8 Å². The first kappa shape index (κ1) is 14.3. The minimum absolute atomic E-state index is 0.0843. The first-order valence-electron chi connectivity index (χ1n) is 5.96. The van der Waals surface area contributed by atoms with E-state index >= 15 is 0 Å². The number of nitro benzene ring substituents is 1. The van der Waals surface area contributed by atoms with Crippen molar-refractivity contribution in [1.82, 2.24) is 0 Å². The molecule has 0 amide bonds. The number of non-ortho nitro benzene ring substituents is 1. The predicted molar refractivity (Wildman–Crippen MR) is 76.2 cm³/mol. The molecule has 0 aliphatic rings. The van der Waals surface area contributed by atoms with Gasteiger partial charge in [-0.05, 0) is 35.9 Å². The van der Waals surface area contributed by atoms with Crippen molar-refractivity contribution in [2.75, 3.05) is 0 Å². The molecule has 0 atom stereocenters. The van der Waals surface area contributed by atoms with Gasteiger partial charge in [0.1, 0.15) is 0 Å². The summed E-state index contributed by atoms with van der Waals surface area (Å²) in [4.78, 5) is 21.9. The van der Waals surface area contributed by atoms with Crippen molar-refractivity contribution in [3.63, 3.8) is 0 Å². The smallest absolute Gasteiger partial charge is 0.269 e. The van der Waals surface area contributed by atoms with Crippen LogP contribution in [0.5, 0.6) is 11.5 Å². The summed E-state index contributed by atoms with van der Waals surface area (Å²) in [6, 6.07) is 9.42. The quantitative estimate of drug-likeness (QED) is 0.296. The van der Waals surface area contributed by atoms with E-state index in [1.54, 1.807) is 0 Å². The second kappa shape index (κ2) is 5.87. The van der Waals surface area contributed by atoms with Gasteiger partial charge in [0.05, 0.1) is 4.92 Å². The molecule has 6 heteroatoms. The fraction of sp³-hybridized carbons (Fsp3) is 0. The predicted octanol–water partition coefficient (Wildman–Crippen LogP) is 2.90. The molecule has 0 bridgehead atoms. The summed E-state index contributed by atoms with van der Waals surface area (Å²) in [5.74, 6) is -0.841. The van der Waals surface area contributed by atoms with Gasteiger partial charge in [0.2, 0.25) is 0 Å². The molecule has 106 valence electrons. The zero-order valence-electron chi connectivity index (χ0n) is 10.8. The van der Waals surface area contributed by atoms with Crippen LogP contribution < -0.4 is 0 Å². The van der Waals surface area contributed by atoms with Crippen LogP contribution in [0.3, 0.4) is 0 Å². The van der Waals surface area contributed by atoms with E-state index in [4.69, 9.17) is 0 Å². The number of carbonyl (C=O) groups is 1. The maximum absolute atomic E-state index is 11.9. The number of phenols is 2. The number of benzene rings is 2. The summed E-state index contributed by atoms with van der Waals surface area (Å²) in [6.45, 7) is 0. The van der Waals surface area contributed by atoms with Gasteiger partial charge in [0.15, 0.2) is 17.3 Å². The molecule has 21 heavy (non-hydrogen) atoms. The summed E-state index contributed by atoms with van der Waals surface area (Å²) in [6.07, 6.45) is 2.76. The Morgan fingerprint density at radius 1 is 1.05 bits per heavy atom. The van der Waals surface area contributed by atoms with Gasteiger partial charge < -0.3 is 10.2 Å². The first-order valence-corrected chi connectivity index (χ1v) is 5.96. The lowest BCUT2D eigenvalue weighted by molar-refractivity contribution is -0.384. The van der Waals surface area contributed by atoms with Crippen LogP contribution in [0.2, 0.25) is 0 Å². The third-order valence-electron chi connectivity index (χ3n) is 2.79. The SMILES string of the molecule is O=C(C=Cc1ccc(O)c(O)c1)c1ccc([N+](=O)[O-])cc1. The molecule has 6 nitrogen and oxygen atoms in total. The van der Waals surface area contributed by atoms with Crippen molar-refractivity contribution in [3.8, 4) is 11.5 Å². The highest BCUT2D eigenvalue weighted by Gasteiger charge is 2.07. The zero-order chi connectivity index (χ0) is 15.4. The summed E-state index contributed by atoms with van der Waals surface area (Å²) in [7, 11) is 0. The number of allylic oxidation sites excluding steroid dienone is 1. The summed E-state index contributed by atoms with van der Waals surface area (Å²) in [5, 5.41) is 29.0. The van der Waals surface area contributed by atoms with Crippen molar-refractivity contribution in [2.45, 2.75) is 0 Å². The lowest BCUT2D eigenvalue weighted by Crippen LogP contribution is -1.95. The number of aromatic hydroxyl groups is 2. The Labute approximate surface area is 119 Å². The second-order valence-electron chi connectivity index (χ2n) is 4.25. The van der Waals surface area contributed by atoms with Crippen molar-refractivity contribution in [1.29, 1.82) is 0 Å². The molecule has 0 unspecified atom stereocenters. The molecule has 0 heterocycles. The van der Waals surface area contributed by atoms with E-state index in [0.29, 0.717) is 11.1 Å². The van der Waals surface area contributed by atoms with Crippen molar-refractivity contribution < 1.29 is 19.9 Å². The Morgan fingerprint density at radius 2 is 1.71 bits per heavy atom. The molecule has 0 aliphatic carbocycles. The van der Waals surface area contributed by atoms with Crippen molar-refractivity contribution in [2.24, 2.45) is 0 Å². The van der Waals surface area contributed by atoms with Gasteiger partial charge in [-0.1, -0.05) is 12.1 Å². The van der Waals surface area contributed by atoms with Gasteiger partial charge in [-0.2, -0.15) is 0 Å². The van der Waals surface area contributed by atoms with E-state index in [0.717, 1.165) is 0 Å². The zero-order valence-corrected chi connectivity index (χ0v) is 10.8. The summed E-state index contributed by atoms with van der Waals surface area (Å²) in [5.41, 5.74) is 0.777. The number of nitrogens with zero attached hydrogens (tertiary/aromatic N) is 1. The Balaban J connectivity index is 2.14. The molecule has 0 spiro atoms. The van der Waals surface area contributed by atoms with Crippen LogP contribution in [0, 0.1) is 10.1 Å². The molecule has 0 aromatic heterocycles. The fourth-order valence-corrected chi connectivity index (χ4v) is 1.66. The molecule has 0 saturated heterocycles. The van der Waals surface area contributed by atoms with Gasteiger partial charge in [0.25, 0.3) is 5.69 Å². The van der Waals surface area contributed by atoms with Gasteiger partial charge in [-0.3, -0.25) is 14.9 Å². The van der Waals surface area contributed by atoms with E-state index in [-0.39, 0.29) is 23.0 Å². The van der Waals surface area contributed by atoms with E-state index in [1.165, 1.54) is 54.6 Å². The molecule has 2 N–H and O–H groups in total. The molecule has 2 rings (SSSR count). The average Bonchev–Trinajstić information content (AvgIpc) is 2.48. The monoisotopic (exact) mass is 285 g/mol. The van der Waals surface area contributed by atoms with Crippen LogP contribution in [0.15, 0.2) is 48.5 Å². The van der Waals surface area contributed by atoms with Crippen LogP contribution in [-0.4, -0.2) is 20.9 Å². The van der Waals surface area contributed by atoms with Gasteiger partial charge >= 0.3 is 0 Å². The van der Waals surface area contributed by atoms with E-state index in [2.05, 4.69) is 0 Å². The average molecular weight is 285 g/mol. The number of hydrogen-bond acceptors (Lipinski definition) is 5.